The molecule has 2 aromatic rings. The number of ether oxygens (including phenoxy) is 2. The number of benzene rings is 2. The van der Waals surface area contributed by atoms with E-state index in [0.29, 0.717) is 29.7 Å². The number of esters is 1. The zero-order valence-corrected chi connectivity index (χ0v) is 16.9. The Balaban J connectivity index is 1.64. The molecule has 0 bridgehead atoms. The molecule has 1 heterocycles. The molecule has 0 saturated carbocycles. The number of ketones is 1. The van der Waals surface area contributed by atoms with Crippen molar-refractivity contribution in [3.8, 4) is 5.75 Å². The van der Waals surface area contributed by atoms with Gasteiger partial charge in [0.15, 0.2) is 5.78 Å². The summed E-state index contributed by atoms with van der Waals surface area (Å²) in [4.78, 5) is 37.2. The van der Waals surface area contributed by atoms with E-state index in [1.165, 1.54) is 7.11 Å². The smallest absolute Gasteiger partial charge is 0.337 e. The number of Topliss-reactive ketones (excluding diaryl/α,β-unsaturated/α-hetero) is 1. The quantitative estimate of drug-likeness (QED) is 0.788. The van der Waals surface area contributed by atoms with Crippen LogP contribution in [0, 0.1) is 0 Å². The number of nitrogens with one attached hydrogen (secondary N) is 1. The Kier molecular flexibility index (Phi) is 5.40. The van der Waals surface area contributed by atoms with E-state index in [-0.39, 0.29) is 29.9 Å². The maximum absolute atomic E-state index is 13.1. The molecule has 4 rings (SSSR count). The molecule has 0 fully saturated rings. The molecule has 1 amide bonds. The Bertz CT molecular complexity index is 1020. The molecule has 1 aliphatic carbocycles. The lowest BCUT2D eigenvalue weighted by molar-refractivity contribution is -0.122. The van der Waals surface area contributed by atoms with E-state index in [4.69, 9.17) is 9.47 Å². The van der Waals surface area contributed by atoms with Crippen molar-refractivity contribution in [3.63, 3.8) is 0 Å². The molecular formula is C24H23NO5. The Labute approximate surface area is 174 Å². The predicted octanol–water partition coefficient (Wildman–Crippen LogP) is 3.49. The van der Waals surface area contributed by atoms with Crippen molar-refractivity contribution in [3.05, 3.63) is 76.5 Å². The first-order valence-corrected chi connectivity index (χ1v) is 9.88. The molecule has 1 aliphatic heterocycles. The van der Waals surface area contributed by atoms with Crippen molar-refractivity contribution in [2.45, 2.75) is 31.1 Å². The van der Waals surface area contributed by atoms with Gasteiger partial charge in [0.25, 0.3) is 0 Å². The molecule has 30 heavy (non-hydrogen) atoms. The van der Waals surface area contributed by atoms with Gasteiger partial charge in [-0.05, 0) is 47.7 Å². The molecule has 2 aromatic carbocycles. The van der Waals surface area contributed by atoms with Gasteiger partial charge in [0, 0.05) is 30.0 Å². The third-order valence-corrected chi connectivity index (χ3v) is 5.86. The number of amides is 1. The molecule has 6 heteroatoms. The second-order valence-corrected chi connectivity index (χ2v) is 7.61. The average molecular weight is 405 g/mol. The maximum Gasteiger partial charge on any atom is 0.337 e. The summed E-state index contributed by atoms with van der Waals surface area (Å²) in [6.45, 7) is 0. The lowest BCUT2D eigenvalue weighted by Gasteiger charge is -2.34. The second-order valence-electron chi connectivity index (χ2n) is 7.61. The van der Waals surface area contributed by atoms with E-state index in [2.05, 4.69) is 5.32 Å². The molecule has 1 N–H and O–H groups in total. The highest BCUT2D eigenvalue weighted by molar-refractivity contribution is 6.02. The van der Waals surface area contributed by atoms with E-state index in [1.54, 1.807) is 31.4 Å². The summed E-state index contributed by atoms with van der Waals surface area (Å²) >= 11 is 0. The molecule has 6 nitrogen and oxygen atoms in total. The number of allylic oxidation sites excluding steroid dienone is 2. The van der Waals surface area contributed by atoms with Gasteiger partial charge < -0.3 is 14.8 Å². The van der Waals surface area contributed by atoms with Crippen molar-refractivity contribution in [2.24, 2.45) is 0 Å². The van der Waals surface area contributed by atoms with Crippen molar-refractivity contribution in [2.75, 3.05) is 14.2 Å². The maximum atomic E-state index is 13.1. The summed E-state index contributed by atoms with van der Waals surface area (Å²) in [7, 11) is 2.95. The average Bonchev–Trinajstić information content (AvgIpc) is 2.77. The Hall–Kier alpha value is -3.41. The van der Waals surface area contributed by atoms with Gasteiger partial charge in [-0.1, -0.05) is 24.3 Å². The fourth-order valence-corrected chi connectivity index (χ4v) is 4.33. The molecular weight excluding hydrogens is 382 g/mol. The van der Waals surface area contributed by atoms with Crippen molar-refractivity contribution in [1.29, 1.82) is 0 Å². The zero-order chi connectivity index (χ0) is 21.3. The summed E-state index contributed by atoms with van der Waals surface area (Å²) in [5, 5.41) is 2.93. The highest BCUT2D eigenvalue weighted by Gasteiger charge is 2.38. The summed E-state index contributed by atoms with van der Waals surface area (Å²) in [6, 6.07) is 14.6. The van der Waals surface area contributed by atoms with Crippen LogP contribution in [-0.2, 0) is 14.3 Å². The van der Waals surface area contributed by atoms with Crippen LogP contribution in [0.3, 0.4) is 0 Å². The molecule has 154 valence electrons. The van der Waals surface area contributed by atoms with Crippen LogP contribution in [0.1, 0.15) is 52.6 Å². The first-order chi connectivity index (χ1) is 14.5. The number of hydrogen-bond acceptors (Lipinski definition) is 5. The minimum atomic E-state index is -0.418. The number of methoxy groups -OCH3 is 2. The standard InChI is InChI=1S/C24H23NO5/c1-29-18-9-7-14(8-10-18)17-11-20-23(21(26)12-17)19(13-22(27)25-20)15-3-5-16(6-4-15)24(28)30-2/h3-10,17,19H,11-13H2,1-2H3,(H,25,27)/t17-,19-/m1/s1. The summed E-state index contributed by atoms with van der Waals surface area (Å²) < 4.78 is 9.94. The summed E-state index contributed by atoms with van der Waals surface area (Å²) in [6.07, 6.45) is 1.23. The highest BCUT2D eigenvalue weighted by Crippen LogP contribution is 2.42. The van der Waals surface area contributed by atoms with Crippen molar-refractivity contribution in [1.82, 2.24) is 5.32 Å². The highest BCUT2D eigenvalue weighted by atomic mass is 16.5. The van der Waals surface area contributed by atoms with Gasteiger partial charge in [-0.3, -0.25) is 9.59 Å². The fourth-order valence-electron chi connectivity index (χ4n) is 4.33. The summed E-state index contributed by atoms with van der Waals surface area (Å²) in [5.41, 5.74) is 3.73. The normalized spacial score (nSPS) is 21.0. The third-order valence-electron chi connectivity index (χ3n) is 5.86. The Morgan fingerprint density at radius 1 is 0.900 bits per heavy atom. The lowest BCUT2D eigenvalue weighted by atomic mass is 9.73. The van der Waals surface area contributed by atoms with Crippen LogP contribution in [0.15, 0.2) is 59.8 Å². The van der Waals surface area contributed by atoms with Crippen LogP contribution >= 0.6 is 0 Å². The molecule has 0 saturated heterocycles. The third kappa shape index (κ3) is 3.73. The van der Waals surface area contributed by atoms with Crippen LogP contribution < -0.4 is 10.1 Å². The first-order valence-electron chi connectivity index (χ1n) is 9.88. The van der Waals surface area contributed by atoms with E-state index in [9.17, 15) is 14.4 Å². The van der Waals surface area contributed by atoms with E-state index in [1.807, 2.05) is 24.3 Å². The van der Waals surface area contributed by atoms with Crippen LogP contribution in [0.2, 0.25) is 0 Å². The fraction of sp³-hybridized carbons (Fsp3) is 0.292. The number of carbonyl (C=O) groups is 3. The minimum absolute atomic E-state index is 0.0166. The van der Waals surface area contributed by atoms with Gasteiger partial charge in [0.05, 0.1) is 19.8 Å². The largest absolute Gasteiger partial charge is 0.497 e. The number of hydrogen-bond donors (Lipinski definition) is 1. The van der Waals surface area contributed by atoms with E-state index >= 15 is 0 Å². The van der Waals surface area contributed by atoms with Crippen LogP contribution in [-0.4, -0.2) is 31.9 Å². The molecule has 0 aromatic heterocycles. The lowest BCUT2D eigenvalue weighted by Crippen LogP contribution is -2.38. The zero-order valence-electron chi connectivity index (χ0n) is 16.9. The topological polar surface area (TPSA) is 81.7 Å². The van der Waals surface area contributed by atoms with Crippen molar-refractivity contribution >= 4 is 17.7 Å². The van der Waals surface area contributed by atoms with Crippen LogP contribution in [0.25, 0.3) is 0 Å². The molecule has 0 radical (unpaired) electrons. The Morgan fingerprint density at radius 2 is 1.57 bits per heavy atom. The van der Waals surface area contributed by atoms with Gasteiger partial charge in [-0.25, -0.2) is 4.79 Å². The van der Waals surface area contributed by atoms with Crippen molar-refractivity contribution < 1.29 is 23.9 Å². The van der Waals surface area contributed by atoms with Gasteiger partial charge in [0.2, 0.25) is 5.91 Å². The molecule has 2 atom stereocenters. The first kappa shape index (κ1) is 19.9. The molecule has 2 aliphatic rings. The number of rotatable bonds is 4. The molecule has 0 spiro atoms. The SMILES string of the molecule is COC(=O)c1ccc([C@H]2CC(=O)NC3=C2C(=O)C[C@H](c2ccc(OC)cc2)C3)cc1. The number of carbonyl (C=O) groups excluding carboxylic acids is 3. The molecule has 0 unspecified atom stereocenters. The van der Waals surface area contributed by atoms with Gasteiger partial charge in [-0.2, -0.15) is 0 Å². The van der Waals surface area contributed by atoms with Gasteiger partial charge >= 0.3 is 5.97 Å². The predicted molar refractivity (Wildman–Crippen MR) is 110 cm³/mol. The van der Waals surface area contributed by atoms with E-state index in [0.717, 1.165) is 16.9 Å². The van der Waals surface area contributed by atoms with E-state index < -0.39 is 5.97 Å². The van der Waals surface area contributed by atoms with Gasteiger partial charge in [0.1, 0.15) is 5.75 Å². The van der Waals surface area contributed by atoms with Gasteiger partial charge in [-0.15, -0.1) is 0 Å². The Morgan fingerprint density at radius 3 is 2.20 bits per heavy atom. The summed E-state index contributed by atoms with van der Waals surface area (Å²) in [5.74, 6) is 0.0203. The second kappa shape index (κ2) is 8.14. The van der Waals surface area contributed by atoms with Crippen LogP contribution in [0.4, 0.5) is 0 Å². The minimum Gasteiger partial charge on any atom is -0.497 e. The monoisotopic (exact) mass is 405 g/mol. The van der Waals surface area contributed by atoms with Crippen LogP contribution in [0.5, 0.6) is 5.75 Å².